The van der Waals surface area contributed by atoms with E-state index in [1.54, 1.807) is 78.9 Å². The smallest absolute Gasteiger partial charge is 0.261 e. The largest absolute Gasteiger partial charge is 0.399 e. The van der Waals surface area contributed by atoms with Crippen molar-refractivity contribution in [3.8, 4) is 0 Å². The fraction of sp³-hybridized carbons (Fsp3) is 0. The van der Waals surface area contributed by atoms with Crippen molar-refractivity contribution < 1.29 is 18.0 Å². The van der Waals surface area contributed by atoms with E-state index in [-0.39, 0.29) is 10.8 Å². The van der Waals surface area contributed by atoms with E-state index in [2.05, 4.69) is 15.4 Å². The molecule has 0 radical (unpaired) electrons. The van der Waals surface area contributed by atoms with E-state index in [0.29, 0.717) is 33.9 Å². The molecule has 8 nitrogen and oxygen atoms in total. The fourth-order valence-electron chi connectivity index (χ4n) is 3.26. The molecule has 4 aromatic rings. The van der Waals surface area contributed by atoms with Crippen LogP contribution < -0.4 is 21.1 Å². The van der Waals surface area contributed by atoms with Gasteiger partial charge in [-0.25, -0.2) is 8.42 Å². The van der Waals surface area contributed by atoms with Crippen molar-refractivity contribution >= 4 is 44.6 Å². The van der Waals surface area contributed by atoms with Gasteiger partial charge in [-0.2, -0.15) is 0 Å². The highest BCUT2D eigenvalue weighted by Crippen LogP contribution is 2.19. The maximum Gasteiger partial charge on any atom is 0.261 e. The molecule has 0 saturated carbocycles. The van der Waals surface area contributed by atoms with Gasteiger partial charge in [0.1, 0.15) is 0 Å². The molecule has 0 spiro atoms. The SMILES string of the molecule is Nc1cccc(C(=O)Nc2cccc(C(=O)Nc3ccc(S(=O)(=O)Nc4ccccc4)cc3)c2)c1. The van der Waals surface area contributed by atoms with Gasteiger partial charge in [0.05, 0.1) is 4.90 Å². The molecule has 5 N–H and O–H groups in total. The van der Waals surface area contributed by atoms with E-state index in [0.717, 1.165) is 0 Å². The number of nitrogens with two attached hydrogens (primary N) is 1. The van der Waals surface area contributed by atoms with Crippen molar-refractivity contribution in [2.45, 2.75) is 4.90 Å². The molecule has 0 bridgehead atoms. The lowest BCUT2D eigenvalue weighted by atomic mass is 10.1. The zero-order valence-corrected chi connectivity index (χ0v) is 19.3. The summed E-state index contributed by atoms with van der Waals surface area (Å²) in [5, 5.41) is 5.46. The van der Waals surface area contributed by atoms with Crippen LogP contribution in [0.25, 0.3) is 0 Å². The van der Waals surface area contributed by atoms with Crippen LogP contribution in [-0.2, 0) is 10.0 Å². The third kappa shape index (κ3) is 6.04. The summed E-state index contributed by atoms with van der Waals surface area (Å²) in [6.07, 6.45) is 0. The molecule has 4 aromatic carbocycles. The standard InChI is InChI=1S/C26H22N4O4S/c27-20-8-4-6-18(16-20)25(31)29-23-11-5-7-19(17-23)26(32)28-21-12-14-24(15-13-21)35(33,34)30-22-9-2-1-3-10-22/h1-17,30H,27H2,(H,28,32)(H,29,31). The molecule has 0 saturated heterocycles. The summed E-state index contributed by atoms with van der Waals surface area (Å²) in [6.45, 7) is 0. The second kappa shape index (κ2) is 10.1. The first kappa shape index (κ1) is 23.5. The first-order chi connectivity index (χ1) is 16.8. The Kier molecular flexibility index (Phi) is 6.79. The van der Waals surface area contributed by atoms with Crippen LogP contribution in [0.1, 0.15) is 20.7 Å². The molecule has 0 fully saturated rings. The van der Waals surface area contributed by atoms with Gasteiger partial charge in [-0.3, -0.25) is 14.3 Å². The average molecular weight is 487 g/mol. The number of nitrogens with one attached hydrogen (secondary N) is 3. The van der Waals surface area contributed by atoms with Crippen molar-refractivity contribution in [3.05, 3.63) is 114 Å². The lowest BCUT2D eigenvalue weighted by Crippen LogP contribution is -2.15. The van der Waals surface area contributed by atoms with Crippen molar-refractivity contribution in [1.82, 2.24) is 0 Å². The lowest BCUT2D eigenvalue weighted by Gasteiger charge is -2.10. The van der Waals surface area contributed by atoms with Crippen LogP contribution in [0.15, 0.2) is 108 Å². The summed E-state index contributed by atoms with van der Waals surface area (Å²) in [5.41, 5.74) is 8.23. The minimum atomic E-state index is -3.76. The van der Waals surface area contributed by atoms with Crippen LogP contribution in [0, 0.1) is 0 Å². The molecule has 0 unspecified atom stereocenters. The molecule has 9 heteroatoms. The summed E-state index contributed by atoms with van der Waals surface area (Å²) >= 11 is 0. The normalized spacial score (nSPS) is 10.9. The number of nitrogen functional groups attached to an aromatic ring is 1. The molecule has 35 heavy (non-hydrogen) atoms. The monoisotopic (exact) mass is 486 g/mol. The minimum Gasteiger partial charge on any atom is -0.399 e. The highest BCUT2D eigenvalue weighted by atomic mass is 32.2. The van der Waals surface area contributed by atoms with E-state index in [1.807, 2.05) is 0 Å². The van der Waals surface area contributed by atoms with Crippen molar-refractivity contribution in [2.24, 2.45) is 0 Å². The van der Waals surface area contributed by atoms with E-state index >= 15 is 0 Å². The van der Waals surface area contributed by atoms with Crippen molar-refractivity contribution in [2.75, 3.05) is 21.1 Å². The molecule has 0 aliphatic rings. The highest BCUT2D eigenvalue weighted by molar-refractivity contribution is 7.92. The molecular weight excluding hydrogens is 464 g/mol. The second-order valence-electron chi connectivity index (χ2n) is 7.61. The Morgan fingerprint density at radius 3 is 1.83 bits per heavy atom. The number of hydrogen-bond acceptors (Lipinski definition) is 5. The predicted octanol–water partition coefficient (Wildman–Crippen LogP) is 4.57. The van der Waals surface area contributed by atoms with Crippen molar-refractivity contribution in [1.29, 1.82) is 0 Å². The third-order valence-electron chi connectivity index (χ3n) is 4.98. The van der Waals surface area contributed by atoms with E-state index in [1.165, 1.54) is 24.3 Å². The molecule has 0 heterocycles. The van der Waals surface area contributed by atoms with E-state index < -0.39 is 15.9 Å². The third-order valence-corrected chi connectivity index (χ3v) is 6.38. The number of carbonyl (C=O) groups is 2. The Labute approximate surface area is 202 Å². The Bertz CT molecular complexity index is 1470. The maximum absolute atomic E-state index is 12.7. The number of para-hydroxylation sites is 1. The highest BCUT2D eigenvalue weighted by Gasteiger charge is 2.15. The Morgan fingerprint density at radius 2 is 1.17 bits per heavy atom. The molecule has 2 amide bonds. The zero-order chi connectivity index (χ0) is 24.8. The van der Waals surface area contributed by atoms with Gasteiger partial charge in [0.25, 0.3) is 21.8 Å². The minimum absolute atomic E-state index is 0.0608. The van der Waals surface area contributed by atoms with Crippen LogP contribution in [0.4, 0.5) is 22.7 Å². The van der Waals surface area contributed by atoms with Crippen LogP contribution in [-0.4, -0.2) is 20.2 Å². The van der Waals surface area contributed by atoms with Crippen molar-refractivity contribution in [3.63, 3.8) is 0 Å². The Morgan fingerprint density at radius 1 is 0.600 bits per heavy atom. The number of sulfonamides is 1. The van der Waals surface area contributed by atoms with Gasteiger partial charge in [0.15, 0.2) is 0 Å². The van der Waals surface area contributed by atoms with Gasteiger partial charge in [-0.05, 0) is 72.8 Å². The van der Waals surface area contributed by atoms with Gasteiger partial charge in [0.2, 0.25) is 0 Å². The summed E-state index contributed by atoms with van der Waals surface area (Å²) in [5.74, 6) is -0.765. The molecule has 4 rings (SSSR count). The number of carbonyl (C=O) groups excluding carboxylic acids is 2. The summed E-state index contributed by atoms with van der Waals surface area (Å²) < 4.78 is 27.6. The summed E-state index contributed by atoms with van der Waals surface area (Å²) in [7, 11) is -3.76. The van der Waals surface area contributed by atoms with E-state index in [4.69, 9.17) is 5.73 Å². The molecule has 0 aliphatic carbocycles. The quantitative estimate of drug-likeness (QED) is 0.284. The van der Waals surface area contributed by atoms with E-state index in [9.17, 15) is 18.0 Å². The number of hydrogen-bond donors (Lipinski definition) is 4. The Balaban J connectivity index is 1.42. The predicted molar refractivity (Wildman–Crippen MR) is 137 cm³/mol. The van der Waals surface area contributed by atoms with Crippen LogP contribution in [0.3, 0.4) is 0 Å². The molecule has 176 valence electrons. The first-order valence-corrected chi connectivity index (χ1v) is 12.0. The number of benzene rings is 4. The number of rotatable bonds is 7. The Hall–Kier alpha value is -4.63. The fourth-order valence-corrected chi connectivity index (χ4v) is 4.32. The number of anilines is 4. The topological polar surface area (TPSA) is 130 Å². The van der Waals surface area contributed by atoms with Crippen LogP contribution in [0.2, 0.25) is 0 Å². The van der Waals surface area contributed by atoms with Gasteiger partial charge >= 0.3 is 0 Å². The zero-order valence-electron chi connectivity index (χ0n) is 18.4. The second-order valence-corrected chi connectivity index (χ2v) is 9.29. The molecular formula is C26H22N4O4S. The molecule has 0 atom stereocenters. The van der Waals surface area contributed by atoms with Crippen LogP contribution in [0.5, 0.6) is 0 Å². The van der Waals surface area contributed by atoms with Gasteiger partial charge in [-0.1, -0.05) is 30.3 Å². The van der Waals surface area contributed by atoms with Gasteiger partial charge in [-0.15, -0.1) is 0 Å². The summed E-state index contributed by atoms with van der Waals surface area (Å²) in [4.78, 5) is 25.2. The maximum atomic E-state index is 12.7. The van der Waals surface area contributed by atoms with Gasteiger partial charge in [0, 0.05) is 33.9 Å². The molecule has 0 aromatic heterocycles. The summed E-state index contributed by atoms with van der Waals surface area (Å²) in [6, 6.07) is 27.4. The number of amides is 2. The van der Waals surface area contributed by atoms with Gasteiger partial charge < -0.3 is 16.4 Å². The molecule has 0 aliphatic heterocycles. The van der Waals surface area contributed by atoms with Crippen LogP contribution >= 0.6 is 0 Å². The lowest BCUT2D eigenvalue weighted by molar-refractivity contribution is 0.101. The first-order valence-electron chi connectivity index (χ1n) is 10.6. The average Bonchev–Trinajstić information content (AvgIpc) is 2.85.